The molecular weight excluding hydrogens is 358 g/mol. The molecule has 0 saturated heterocycles. The lowest BCUT2D eigenvalue weighted by molar-refractivity contribution is -0.116. The second-order valence-corrected chi connectivity index (χ2v) is 7.62. The van der Waals surface area contributed by atoms with Crippen LogP contribution in [0.1, 0.15) is 42.4 Å². The molecule has 1 aliphatic carbocycles. The molecule has 1 aromatic rings. The van der Waals surface area contributed by atoms with Gasteiger partial charge in [0.15, 0.2) is 0 Å². The maximum Gasteiger partial charge on any atom is 0.256 e. The molecule has 1 aliphatic heterocycles. The molecule has 1 spiro atoms. The molecule has 2 atom stereocenters. The van der Waals surface area contributed by atoms with Crippen molar-refractivity contribution in [2.24, 2.45) is 5.92 Å². The van der Waals surface area contributed by atoms with Crippen LogP contribution in [0.4, 0.5) is 0 Å². The normalized spacial score (nSPS) is 27.7. The van der Waals surface area contributed by atoms with Gasteiger partial charge in [-0.25, -0.2) is 0 Å². The fraction of sp³-hybridized carbons (Fsp3) is 0.500. The van der Waals surface area contributed by atoms with Crippen LogP contribution in [0.15, 0.2) is 22.4 Å². The number of amides is 1. The van der Waals surface area contributed by atoms with Crippen LogP contribution in [0.25, 0.3) is 5.57 Å². The van der Waals surface area contributed by atoms with Gasteiger partial charge < -0.3 is 15.5 Å². The third kappa shape index (κ3) is 2.60. The highest BCUT2D eigenvalue weighted by Gasteiger charge is 2.48. The number of nitrogens with one attached hydrogen (secondary N) is 1. The minimum atomic E-state index is -0.709. The highest BCUT2D eigenvalue weighted by Crippen LogP contribution is 2.44. The van der Waals surface area contributed by atoms with Gasteiger partial charge in [-0.3, -0.25) is 4.79 Å². The van der Waals surface area contributed by atoms with E-state index in [-0.39, 0.29) is 24.2 Å². The predicted molar refractivity (Wildman–Crippen MR) is 93.1 cm³/mol. The van der Waals surface area contributed by atoms with Crippen molar-refractivity contribution in [2.75, 3.05) is 6.61 Å². The molecule has 1 aromatic carbocycles. The topological polar surface area (TPSA) is 69.6 Å². The molecule has 0 bridgehead atoms. The predicted octanol–water partition coefficient (Wildman–Crippen LogP) is 3.39. The standard InChI is InChI=1S/C18H22BrNO3/c1-10-5-6-13(19)11(2)14(10)15-16(22)18(20-17(15)23)7-3-4-12(8-18)9-21/h5-6,12,21-22H,3-4,7-9H2,1-2H3,(H,20,23)/t12-,18+/m1/s1. The van der Waals surface area contributed by atoms with E-state index >= 15 is 0 Å². The van der Waals surface area contributed by atoms with Crippen LogP contribution < -0.4 is 5.32 Å². The lowest BCUT2D eigenvalue weighted by Crippen LogP contribution is -2.48. The fourth-order valence-electron chi connectivity index (χ4n) is 4.00. The molecule has 1 amide bonds. The van der Waals surface area contributed by atoms with E-state index in [1.807, 2.05) is 26.0 Å². The first-order valence-electron chi connectivity index (χ1n) is 8.03. The molecular formula is C18H22BrNO3. The Morgan fingerprint density at radius 2 is 2.13 bits per heavy atom. The van der Waals surface area contributed by atoms with Gasteiger partial charge in [-0.05, 0) is 61.8 Å². The number of hydrogen-bond acceptors (Lipinski definition) is 3. The van der Waals surface area contributed by atoms with E-state index in [1.54, 1.807) is 0 Å². The van der Waals surface area contributed by atoms with Gasteiger partial charge in [0.2, 0.25) is 0 Å². The lowest BCUT2D eigenvalue weighted by atomic mass is 9.75. The number of rotatable bonds is 2. The Balaban J connectivity index is 2.12. The molecule has 3 N–H and O–H groups in total. The van der Waals surface area contributed by atoms with Gasteiger partial charge in [0.05, 0.1) is 11.1 Å². The maximum atomic E-state index is 12.7. The zero-order valence-corrected chi connectivity index (χ0v) is 15.0. The molecule has 1 fully saturated rings. The number of aliphatic hydroxyl groups is 2. The minimum absolute atomic E-state index is 0.0924. The SMILES string of the molecule is Cc1ccc(Br)c(C)c1C1=C(O)[C@@]2(CCC[C@@H](CO)C2)NC1=O. The first kappa shape index (κ1) is 16.5. The number of hydrogen-bond donors (Lipinski definition) is 3. The number of halogens is 1. The minimum Gasteiger partial charge on any atom is -0.509 e. The summed E-state index contributed by atoms with van der Waals surface area (Å²) in [6, 6.07) is 3.90. The van der Waals surface area contributed by atoms with Crippen molar-refractivity contribution in [1.29, 1.82) is 0 Å². The zero-order valence-electron chi connectivity index (χ0n) is 13.4. The Morgan fingerprint density at radius 3 is 2.83 bits per heavy atom. The van der Waals surface area contributed by atoms with E-state index in [4.69, 9.17) is 0 Å². The summed E-state index contributed by atoms with van der Waals surface area (Å²) in [5.74, 6) is 0.0468. The first-order chi connectivity index (χ1) is 10.9. The molecule has 3 rings (SSSR count). The third-order valence-corrected chi connectivity index (χ3v) is 6.10. The largest absolute Gasteiger partial charge is 0.509 e. The molecule has 0 radical (unpaired) electrons. The molecule has 0 aromatic heterocycles. The Hall–Kier alpha value is -1.33. The monoisotopic (exact) mass is 379 g/mol. The van der Waals surface area contributed by atoms with E-state index in [9.17, 15) is 15.0 Å². The Bertz CT molecular complexity index is 698. The second-order valence-electron chi connectivity index (χ2n) is 6.77. The Labute approximate surface area is 144 Å². The summed E-state index contributed by atoms with van der Waals surface area (Å²) in [4.78, 5) is 12.7. The Kier molecular flexibility index (Phi) is 4.27. The second kappa shape index (κ2) is 5.95. The van der Waals surface area contributed by atoms with Gasteiger partial charge in [0.1, 0.15) is 5.76 Å². The molecule has 4 nitrogen and oxygen atoms in total. The van der Waals surface area contributed by atoms with E-state index in [0.29, 0.717) is 12.0 Å². The highest BCUT2D eigenvalue weighted by atomic mass is 79.9. The van der Waals surface area contributed by atoms with Gasteiger partial charge in [-0.2, -0.15) is 0 Å². The van der Waals surface area contributed by atoms with Crippen LogP contribution >= 0.6 is 15.9 Å². The smallest absolute Gasteiger partial charge is 0.256 e. The van der Waals surface area contributed by atoms with E-state index in [0.717, 1.165) is 40.4 Å². The van der Waals surface area contributed by atoms with Crippen LogP contribution in [0.3, 0.4) is 0 Å². The van der Waals surface area contributed by atoms with Crippen LogP contribution in [0, 0.1) is 19.8 Å². The summed E-state index contributed by atoms with van der Waals surface area (Å²) in [7, 11) is 0. The average molecular weight is 380 g/mol. The quantitative estimate of drug-likeness (QED) is 0.737. The van der Waals surface area contributed by atoms with E-state index < -0.39 is 5.54 Å². The van der Waals surface area contributed by atoms with Gasteiger partial charge in [0, 0.05) is 11.1 Å². The van der Waals surface area contributed by atoms with Crippen molar-refractivity contribution >= 4 is 27.4 Å². The molecule has 1 heterocycles. The maximum absolute atomic E-state index is 12.7. The third-order valence-electron chi connectivity index (χ3n) is 5.24. The number of aryl methyl sites for hydroxylation is 1. The van der Waals surface area contributed by atoms with E-state index in [2.05, 4.69) is 21.2 Å². The summed E-state index contributed by atoms with van der Waals surface area (Å²) >= 11 is 3.51. The summed E-state index contributed by atoms with van der Waals surface area (Å²) in [6.45, 7) is 3.99. The molecule has 0 unspecified atom stereocenters. The number of carbonyl (C=O) groups excluding carboxylic acids is 1. The summed E-state index contributed by atoms with van der Waals surface area (Å²) in [5.41, 5.74) is 2.40. The summed E-state index contributed by atoms with van der Waals surface area (Å²) in [6.07, 6.45) is 3.14. The molecule has 5 heteroatoms. The molecule has 2 aliphatic rings. The molecule has 23 heavy (non-hydrogen) atoms. The van der Waals surface area contributed by atoms with Crippen LogP contribution in [0.5, 0.6) is 0 Å². The van der Waals surface area contributed by atoms with Crippen molar-refractivity contribution < 1.29 is 15.0 Å². The first-order valence-corrected chi connectivity index (χ1v) is 8.82. The van der Waals surface area contributed by atoms with E-state index in [1.165, 1.54) is 0 Å². The zero-order chi connectivity index (χ0) is 16.8. The number of benzene rings is 1. The molecule has 124 valence electrons. The Morgan fingerprint density at radius 1 is 1.39 bits per heavy atom. The van der Waals surface area contributed by atoms with Gasteiger partial charge in [-0.15, -0.1) is 0 Å². The van der Waals surface area contributed by atoms with Gasteiger partial charge >= 0.3 is 0 Å². The summed E-state index contributed by atoms with van der Waals surface area (Å²) in [5, 5.41) is 23.4. The van der Waals surface area contributed by atoms with Gasteiger partial charge in [0.25, 0.3) is 5.91 Å². The average Bonchev–Trinajstić information content (AvgIpc) is 2.75. The number of aliphatic hydroxyl groups excluding tert-OH is 2. The van der Waals surface area contributed by atoms with Crippen molar-refractivity contribution in [3.8, 4) is 0 Å². The molecule has 1 saturated carbocycles. The van der Waals surface area contributed by atoms with Crippen LogP contribution in [-0.4, -0.2) is 28.3 Å². The van der Waals surface area contributed by atoms with Crippen molar-refractivity contribution in [3.05, 3.63) is 39.1 Å². The number of carbonyl (C=O) groups is 1. The summed E-state index contributed by atoms with van der Waals surface area (Å²) < 4.78 is 0.920. The van der Waals surface area contributed by atoms with Gasteiger partial charge in [-0.1, -0.05) is 28.4 Å². The highest BCUT2D eigenvalue weighted by molar-refractivity contribution is 9.10. The van der Waals surface area contributed by atoms with Crippen LogP contribution in [0.2, 0.25) is 0 Å². The van der Waals surface area contributed by atoms with Crippen molar-refractivity contribution in [2.45, 2.75) is 45.1 Å². The lowest BCUT2D eigenvalue weighted by Gasteiger charge is -2.37. The van der Waals surface area contributed by atoms with Crippen molar-refractivity contribution in [1.82, 2.24) is 5.32 Å². The van der Waals surface area contributed by atoms with Crippen molar-refractivity contribution in [3.63, 3.8) is 0 Å². The fourth-order valence-corrected chi connectivity index (χ4v) is 4.33. The van der Waals surface area contributed by atoms with Crippen LogP contribution in [-0.2, 0) is 4.79 Å².